The van der Waals surface area contributed by atoms with E-state index in [-0.39, 0.29) is 11.7 Å². The molecule has 2 aromatic rings. The van der Waals surface area contributed by atoms with Gasteiger partial charge in [0.25, 0.3) is 0 Å². The second-order valence-corrected chi connectivity index (χ2v) is 5.72. The van der Waals surface area contributed by atoms with Crippen LogP contribution in [0.1, 0.15) is 16.1 Å². The molecule has 0 N–H and O–H groups in total. The van der Waals surface area contributed by atoms with E-state index in [1.165, 1.54) is 16.2 Å². The Hall–Kier alpha value is -2.93. The van der Waals surface area contributed by atoms with E-state index in [1.54, 1.807) is 24.3 Å². The average molecular weight is 359 g/mol. The van der Waals surface area contributed by atoms with Crippen LogP contribution in [0, 0.1) is 6.92 Å². The lowest BCUT2D eigenvalue weighted by Gasteiger charge is -2.19. The molecule has 1 aromatic carbocycles. The SMILES string of the molecule is Cc1cccc(Cl)c1N=C1N(C=O)CCN1OC(=O)c1ccccn1. The fourth-order valence-corrected chi connectivity index (χ4v) is 2.61. The van der Waals surface area contributed by atoms with Crippen LogP contribution in [0.3, 0.4) is 0 Å². The lowest BCUT2D eigenvalue weighted by atomic mass is 10.2. The molecule has 7 nitrogen and oxygen atoms in total. The van der Waals surface area contributed by atoms with Crippen molar-refractivity contribution in [1.82, 2.24) is 14.9 Å². The van der Waals surface area contributed by atoms with Crippen LogP contribution in [0.4, 0.5) is 5.69 Å². The van der Waals surface area contributed by atoms with Crippen LogP contribution in [0.15, 0.2) is 47.6 Å². The number of aryl methyl sites for hydroxylation is 1. The Kier molecular flexibility index (Phi) is 4.95. The minimum absolute atomic E-state index is 0.167. The highest BCUT2D eigenvalue weighted by Crippen LogP contribution is 2.29. The third kappa shape index (κ3) is 3.61. The number of benzene rings is 1. The van der Waals surface area contributed by atoms with Gasteiger partial charge in [0.2, 0.25) is 12.4 Å². The molecular formula is C17H15ClN4O3. The number of hydrogen-bond donors (Lipinski definition) is 0. The summed E-state index contributed by atoms with van der Waals surface area (Å²) in [5, 5.41) is 1.72. The standard InChI is InChI=1S/C17H15ClN4O3/c1-12-5-4-6-13(18)15(12)20-17-21(11-23)9-10-22(17)25-16(24)14-7-2-3-8-19-14/h2-8,11H,9-10H2,1H3. The molecule has 0 spiro atoms. The molecule has 1 aliphatic rings. The Balaban J connectivity index is 1.90. The Labute approximate surface area is 149 Å². The summed E-state index contributed by atoms with van der Waals surface area (Å²) in [5.74, 6) is -0.424. The van der Waals surface area contributed by atoms with Gasteiger partial charge in [0, 0.05) is 12.7 Å². The predicted molar refractivity (Wildman–Crippen MR) is 92.4 cm³/mol. The Morgan fingerprint density at radius 2 is 2.12 bits per heavy atom. The lowest BCUT2D eigenvalue weighted by Crippen LogP contribution is -2.34. The molecule has 3 rings (SSSR count). The van der Waals surface area contributed by atoms with Crippen molar-refractivity contribution in [2.45, 2.75) is 6.92 Å². The van der Waals surface area contributed by atoms with Crippen LogP contribution >= 0.6 is 11.6 Å². The Morgan fingerprint density at radius 3 is 2.80 bits per heavy atom. The molecule has 0 bridgehead atoms. The minimum Gasteiger partial charge on any atom is -0.331 e. The van der Waals surface area contributed by atoms with Crippen molar-refractivity contribution >= 4 is 35.6 Å². The van der Waals surface area contributed by atoms with Crippen LogP contribution in [0.5, 0.6) is 0 Å². The van der Waals surface area contributed by atoms with Crippen LogP contribution < -0.4 is 0 Å². The fourth-order valence-electron chi connectivity index (χ4n) is 2.34. The zero-order valence-electron chi connectivity index (χ0n) is 13.4. The number of hydroxylamine groups is 2. The van der Waals surface area contributed by atoms with E-state index in [9.17, 15) is 9.59 Å². The van der Waals surface area contributed by atoms with E-state index in [4.69, 9.17) is 16.4 Å². The summed E-state index contributed by atoms with van der Waals surface area (Å²) in [5.41, 5.74) is 1.53. The van der Waals surface area contributed by atoms with Gasteiger partial charge in [-0.15, -0.1) is 0 Å². The van der Waals surface area contributed by atoms with Gasteiger partial charge in [0.05, 0.1) is 17.3 Å². The van der Waals surface area contributed by atoms with Crippen molar-refractivity contribution in [1.29, 1.82) is 0 Å². The molecule has 1 aromatic heterocycles. The number of aliphatic imine (C=N–C) groups is 1. The monoisotopic (exact) mass is 358 g/mol. The molecule has 128 valence electrons. The zero-order chi connectivity index (χ0) is 17.8. The largest absolute Gasteiger partial charge is 0.381 e. The highest BCUT2D eigenvalue weighted by atomic mass is 35.5. The maximum Gasteiger partial charge on any atom is 0.381 e. The molecule has 0 atom stereocenters. The maximum absolute atomic E-state index is 12.2. The quantitative estimate of drug-likeness (QED) is 0.785. The molecule has 2 heterocycles. The van der Waals surface area contributed by atoms with E-state index in [0.717, 1.165) is 5.56 Å². The summed E-state index contributed by atoms with van der Waals surface area (Å²) in [7, 11) is 0. The number of para-hydroxylation sites is 1. The predicted octanol–water partition coefficient (Wildman–Crippen LogP) is 2.58. The van der Waals surface area contributed by atoms with Gasteiger partial charge in [-0.3, -0.25) is 9.69 Å². The van der Waals surface area contributed by atoms with Crippen LogP contribution in [-0.2, 0) is 9.63 Å². The number of rotatable bonds is 4. The lowest BCUT2D eigenvalue weighted by molar-refractivity contribution is -0.114. The summed E-state index contributed by atoms with van der Waals surface area (Å²) in [6.45, 7) is 2.51. The van der Waals surface area contributed by atoms with E-state index in [1.807, 2.05) is 19.1 Å². The van der Waals surface area contributed by atoms with Crippen molar-refractivity contribution < 1.29 is 14.4 Å². The smallest absolute Gasteiger partial charge is 0.331 e. The summed E-state index contributed by atoms with van der Waals surface area (Å²) < 4.78 is 0. The molecule has 1 fully saturated rings. The number of aromatic nitrogens is 1. The van der Waals surface area contributed by atoms with Crippen LogP contribution in [-0.4, -0.2) is 46.4 Å². The van der Waals surface area contributed by atoms with Gasteiger partial charge in [-0.1, -0.05) is 29.8 Å². The molecule has 0 aliphatic carbocycles. The van der Waals surface area contributed by atoms with Crippen molar-refractivity contribution in [2.24, 2.45) is 4.99 Å². The van der Waals surface area contributed by atoms with Crippen LogP contribution in [0.2, 0.25) is 5.02 Å². The normalized spacial score (nSPS) is 15.5. The minimum atomic E-state index is -0.628. The van der Waals surface area contributed by atoms with E-state index in [2.05, 4.69) is 9.98 Å². The van der Waals surface area contributed by atoms with E-state index in [0.29, 0.717) is 30.2 Å². The second-order valence-electron chi connectivity index (χ2n) is 5.31. The van der Waals surface area contributed by atoms with Crippen molar-refractivity contribution in [2.75, 3.05) is 13.1 Å². The number of carbonyl (C=O) groups is 2. The fraction of sp³-hybridized carbons (Fsp3) is 0.176. The number of halogens is 1. The number of nitrogens with zero attached hydrogens (tertiary/aromatic N) is 4. The molecule has 1 amide bonds. The first-order valence-corrected chi connectivity index (χ1v) is 7.94. The summed E-state index contributed by atoms with van der Waals surface area (Å²) in [6.07, 6.45) is 2.14. The molecule has 1 saturated heterocycles. The van der Waals surface area contributed by atoms with Crippen molar-refractivity contribution in [3.63, 3.8) is 0 Å². The van der Waals surface area contributed by atoms with Gasteiger partial charge in [0.1, 0.15) is 0 Å². The van der Waals surface area contributed by atoms with Gasteiger partial charge in [0.15, 0.2) is 5.69 Å². The molecule has 25 heavy (non-hydrogen) atoms. The average Bonchev–Trinajstić information content (AvgIpc) is 3.00. The van der Waals surface area contributed by atoms with Gasteiger partial charge in [-0.25, -0.2) is 14.8 Å². The van der Waals surface area contributed by atoms with Gasteiger partial charge in [-0.05, 0) is 30.7 Å². The highest BCUT2D eigenvalue weighted by molar-refractivity contribution is 6.33. The number of amides is 1. The van der Waals surface area contributed by atoms with Gasteiger partial charge < -0.3 is 4.84 Å². The Bertz CT molecular complexity index is 806. The van der Waals surface area contributed by atoms with E-state index < -0.39 is 5.97 Å². The first-order valence-electron chi connectivity index (χ1n) is 7.57. The molecular weight excluding hydrogens is 344 g/mol. The molecule has 1 aliphatic heterocycles. The second kappa shape index (κ2) is 7.31. The van der Waals surface area contributed by atoms with E-state index >= 15 is 0 Å². The van der Waals surface area contributed by atoms with Crippen molar-refractivity contribution in [3.8, 4) is 0 Å². The summed E-state index contributed by atoms with van der Waals surface area (Å²) in [4.78, 5) is 38.6. The third-order valence-corrected chi connectivity index (χ3v) is 3.92. The summed E-state index contributed by atoms with van der Waals surface area (Å²) in [6, 6.07) is 10.3. The highest BCUT2D eigenvalue weighted by Gasteiger charge is 2.30. The third-order valence-electron chi connectivity index (χ3n) is 3.62. The first-order chi connectivity index (χ1) is 12.1. The zero-order valence-corrected chi connectivity index (χ0v) is 14.2. The van der Waals surface area contributed by atoms with Crippen molar-refractivity contribution in [3.05, 3.63) is 58.9 Å². The van der Waals surface area contributed by atoms with Crippen LogP contribution in [0.25, 0.3) is 0 Å². The number of pyridine rings is 1. The molecule has 0 saturated carbocycles. The summed E-state index contributed by atoms with van der Waals surface area (Å²) >= 11 is 6.20. The Morgan fingerprint density at radius 1 is 1.28 bits per heavy atom. The topological polar surface area (TPSA) is 75.1 Å². The molecule has 0 radical (unpaired) electrons. The number of hydrogen-bond acceptors (Lipinski definition) is 5. The van der Waals surface area contributed by atoms with Gasteiger partial charge in [-0.2, -0.15) is 5.06 Å². The number of guanidine groups is 1. The van der Waals surface area contributed by atoms with Gasteiger partial charge >= 0.3 is 5.97 Å². The molecule has 8 heteroatoms. The maximum atomic E-state index is 12.2. The first kappa shape index (κ1) is 16.9. The molecule has 0 unspecified atom stereocenters. The number of carbonyl (C=O) groups excluding carboxylic acids is 2.